The van der Waals surface area contributed by atoms with Gasteiger partial charge in [-0.2, -0.15) is 0 Å². The molecular weight excluding hydrogens is 408 g/mol. The van der Waals surface area contributed by atoms with Crippen molar-refractivity contribution in [1.29, 1.82) is 0 Å². The highest BCUT2D eigenvalue weighted by molar-refractivity contribution is 5.80. The van der Waals surface area contributed by atoms with Gasteiger partial charge in [-0.05, 0) is 43.7 Å². The zero-order valence-corrected chi connectivity index (χ0v) is 18.0. The predicted molar refractivity (Wildman–Crippen MR) is 120 cm³/mol. The van der Waals surface area contributed by atoms with E-state index in [0.29, 0.717) is 30.8 Å². The van der Waals surface area contributed by atoms with Crippen molar-refractivity contribution in [2.24, 2.45) is 0 Å². The first-order valence-corrected chi connectivity index (χ1v) is 10.3. The fraction of sp³-hybridized carbons (Fsp3) is 0.261. The number of benzene rings is 1. The Labute approximate surface area is 184 Å². The number of fused-ring (bicyclic) bond motifs is 1. The van der Waals surface area contributed by atoms with Gasteiger partial charge < -0.3 is 15.2 Å². The quantitative estimate of drug-likeness (QED) is 0.439. The van der Waals surface area contributed by atoms with Crippen molar-refractivity contribution < 1.29 is 9.32 Å². The van der Waals surface area contributed by atoms with Gasteiger partial charge in [-0.15, -0.1) is 0 Å². The van der Waals surface area contributed by atoms with E-state index >= 15 is 0 Å². The number of hydrogen-bond donors (Lipinski definition) is 2. The number of aromatic nitrogens is 4. The van der Waals surface area contributed by atoms with E-state index in [1.807, 2.05) is 43.3 Å². The molecule has 3 heterocycles. The Bertz CT molecular complexity index is 1300. The topological polar surface area (TPSA) is 115 Å². The molecule has 9 nitrogen and oxygen atoms in total. The van der Waals surface area contributed by atoms with Crippen LogP contribution in [-0.4, -0.2) is 32.1 Å². The van der Waals surface area contributed by atoms with Crippen LogP contribution in [0.25, 0.3) is 11.0 Å². The molecule has 0 saturated carbocycles. The molecule has 0 fully saturated rings. The Morgan fingerprint density at radius 1 is 1.16 bits per heavy atom. The summed E-state index contributed by atoms with van der Waals surface area (Å²) in [5.74, 6) is -0.0457. The molecule has 0 spiro atoms. The first-order chi connectivity index (χ1) is 15.5. The minimum atomic E-state index is -0.331. The molecule has 4 rings (SSSR count). The fourth-order valence-corrected chi connectivity index (χ4v) is 3.36. The summed E-state index contributed by atoms with van der Waals surface area (Å²) in [5.41, 5.74) is 3.64. The number of nitrogens with zero attached hydrogens (tertiary/aromatic N) is 4. The molecule has 164 valence electrons. The van der Waals surface area contributed by atoms with E-state index in [0.717, 1.165) is 22.3 Å². The summed E-state index contributed by atoms with van der Waals surface area (Å²) in [6, 6.07) is 11.3. The number of amides is 1. The van der Waals surface area contributed by atoms with Crippen molar-refractivity contribution in [2.45, 2.75) is 33.4 Å². The van der Waals surface area contributed by atoms with Crippen LogP contribution in [0.2, 0.25) is 0 Å². The van der Waals surface area contributed by atoms with Crippen LogP contribution in [-0.2, 0) is 24.3 Å². The standard InChI is InChI=1S/C23H24N6O3/c1-15-12-27-22(25-10-8-18-5-3-4-9-24-18)23(31)29(15)14-21(30)26-13-17-6-7-20-19(11-17)16(2)28-32-20/h3-7,9,11-12H,8,10,13-14H2,1-2H3,(H,25,27)(H,26,30). The number of hydrogen-bond acceptors (Lipinski definition) is 7. The molecule has 0 aliphatic rings. The van der Waals surface area contributed by atoms with Gasteiger partial charge in [0.25, 0.3) is 5.56 Å². The predicted octanol–water partition coefficient (Wildman–Crippen LogP) is 2.37. The van der Waals surface area contributed by atoms with Gasteiger partial charge in [0.05, 0.1) is 5.69 Å². The third-order valence-electron chi connectivity index (χ3n) is 5.16. The SMILES string of the molecule is Cc1noc2ccc(CNC(=O)Cn3c(C)cnc(NCCc4ccccn4)c3=O)cc12. The van der Waals surface area contributed by atoms with Crippen LogP contribution in [0.5, 0.6) is 0 Å². The second kappa shape index (κ2) is 9.42. The molecule has 0 radical (unpaired) electrons. The molecule has 0 bridgehead atoms. The lowest BCUT2D eigenvalue weighted by atomic mass is 10.1. The summed E-state index contributed by atoms with van der Waals surface area (Å²) in [6.45, 7) is 4.39. The van der Waals surface area contributed by atoms with E-state index in [-0.39, 0.29) is 23.8 Å². The first kappa shape index (κ1) is 21.2. The average molecular weight is 432 g/mol. The number of carbonyl (C=O) groups is 1. The van der Waals surface area contributed by atoms with Gasteiger partial charge in [-0.3, -0.25) is 19.1 Å². The monoisotopic (exact) mass is 432 g/mol. The Balaban J connectivity index is 1.37. The van der Waals surface area contributed by atoms with Gasteiger partial charge in [0.2, 0.25) is 5.91 Å². The van der Waals surface area contributed by atoms with Crippen LogP contribution >= 0.6 is 0 Å². The first-order valence-electron chi connectivity index (χ1n) is 10.3. The maximum atomic E-state index is 12.8. The van der Waals surface area contributed by atoms with Crippen molar-refractivity contribution >= 4 is 22.7 Å². The third kappa shape index (κ3) is 4.83. The molecule has 0 aliphatic carbocycles. The van der Waals surface area contributed by atoms with Crippen molar-refractivity contribution in [3.8, 4) is 0 Å². The lowest BCUT2D eigenvalue weighted by Crippen LogP contribution is -2.34. The van der Waals surface area contributed by atoms with E-state index in [9.17, 15) is 9.59 Å². The molecule has 32 heavy (non-hydrogen) atoms. The highest BCUT2D eigenvalue weighted by atomic mass is 16.5. The van der Waals surface area contributed by atoms with Gasteiger partial charge in [0.15, 0.2) is 11.4 Å². The number of nitrogens with one attached hydrogen (secondary N) is 2. The van der Waals surface area contributed by atoms with Crippen molar-refractivity contribution in [3.63, 3.8) is 0 Å². The molecule has 1 amide bonds. The van der Waals surface area contributed by atoms with Crippen molar-refractivity contribution in [3.05, 3.63) is 81.8 Å². The molecule has 0 atom stereocenters. The molecule has 0 unspecified atom stereocenters. The van der Waals surface area contributed by atoms with Crippen LogP contribution in [0.1, 0.15) is 22.6 Å². The summed E-state index contributed by atoms with van der Waals surface area (Å²) in [7, 11) is 0. The maximum absolute atomic E-state index is 12.8. The van der Waals surface area contributed by atoms with Gasteiger partial charge in [-0.25, -0.2) is 4.98 Å². The van der Waals surface area contributed by atoms with Crippen LogP contribution < -0.4 is 16.2 Å². The summed E-state index contributed by atoms with van der Waals surface area (Å²) in [4.78, 5) is 33.8. The second-order valence-corrected chi connectivity index (χ2v) is 7.51. The van der Waals surface area contributed by atoms with E-state index in [1.54, 1.807) is 19.3 Å². The molecule has 0 saturated heterocycles. The van der Waals surface area contributed by atoms with Crippen LogP contribution in [0.3, 0.4) is 0 Å². The molecule has 1 aromatic carbocycles. The zero-order valence-electron chi connectivity index (χ0n) is 18.0. The zero-order chi connectivity index (χ0) is 22.5. The summed E-state index contributed by atoms with van der Waals surface area (Å²) >= 11 is 0. The number of aryl methyl sites for hydroxylation is 2. The van der Waals surface area contributed by atoms with E-state index in [2.05, 4.69) is 25.8 Å². The van der Waals surface area contributed by atoms with E-state index < -0.39 is 0 Å². The van der Waals surface area contributed by atoms with Crippen LogP contribution in [0, 0.1) is 13.8 Å². The molecule has 2 N–H and O–H groups in total. The largest absolute Gasteiger partial charge is 0.365 e. The molecule has 9 heteroatoms. The molecule has 4 aromatic rings. The molecule has 0 aliphatic heterocycles. The van der Waals surface area contributed by atoms with Gasteiger partial charge in [0.1, 0.15) is 6.54 Å². The van der Waals surface area contributed by atoms with Gasteiger partial charge in [-0.1, -0.05) is 17.3 Å². The average Bonchev–Trinajstić information content (AvgIpc) is 3.17. The minimum Gasteiger partial charge on any atom is -0.365 e. The number of carbonyl (C=O) groups excluding carboxylic acids is 1. The van der Waals surface area contributed by atoms with Crippen molar-refractivity contribution in [2.75, 3.05) is 11.9 Å². The normalized spacial score (nSPS) is 10.9. The Kier molecular flexibility index (Phi) is 6.25. The fourth-order valence-electron chi connectivity index (χ4n) is 3.36. The number of rotatable bonds is 8. The van der Waals surface area contributed by atoms with E-state index in [1.165, 1.54) is 4.57 Å². The highest BCUT2D eigenvalue weighted by Gasteiger charge is 2.12. The lowest BCUT2D eigenvalue weighted by Gasteiger charge is -2.12. The third-order valence-corrected chi connectivity index (χ3v) is 5.16. The molecular formula is C23H24N6O3. The maximum Gasteiger partial charge on any atom is 0.293 e. The molecule has 3 aromatic heterocycles. The lowest BCUT2D eigenvalue weighted by molar-refractivity contribution is -0.121. The second-order valence-electron chi connectivity index (χ2n) is 7.51. The van der Waals surface area contributed by atoms with E-state index in [4.69, 9.17) is 4.52 Å². The highest BCUT2D eigenvalue weighted by Crippen LogP contribution is 2.19. The number of pyridine rings is 1. The van der Waals surface area contributed by atoms with Crippen molar-refractivity contribution in [1.82, 2.24) is 25.0 Å². The summed E-state index contributed by atoms with van der Waals surface area (Å²) in [6.07, 6.45) is 3.98. The Morgan fingerprint density at radius 3 is 2.84 bits per heavy atom. The van der Waals surface area contributed by atoms with Gasteiger partial charge >= 0.3 is 0 Å². The Hall–Kier alpha value is -4.01. The van der Waals surface area contributed by atoms with Gasteiger partial charge in [0, 0.05) is 48.7 Å². The van der Waals surface area contributed by atoms with Crippen LogP contribution in [0.15, 0.2) is 58.1 Å². The van der Waals surface area contributed by atoms with Crippen LogP contribution in [0.4, 0.5) is 5.82 Å². The summed E-state index contributed by atoms with van der Waals surface area (Å²) < 4.78 is 6.62. The number of anilines is 1. The summed E-state index contributed by atoms with van der Waals surface area (Å²) in [5, 5.41) is 10.8. The smallest absolute Gasteiger partial charge is 0.293 e. The Morgan fingerprint density at radius 2 is 2.03 bits per heavy atom. The minimum absolute atomic E-state index is 0.0867.